The van der Waals surface area contributed by atoms with Crippen molar-refractivity contribution in [3.8, 4) is 0 Å². The normalized spacial score (nSPS) is 12.7. The number of hydrogen-bond donors (Lipinski definition) is 2. The van der Waals surface area contributed by atoms with Crippen molar-refractivity contribution < 1.29 is 13.2 Å². The van der Waals surface area contributed by atoms with E-state index in [2.05, 4.69) is 28.8 Å². The van der Waals surface area contributed by atoms with Gasteiger partial charge in [-0.15, -0.1) is 0 Å². The Morgan fingerprint density at radius 3 is 2.11 bits per heavy atom. The summed E-state index contributed by atoms with van der Waals surface area (Å²) in [4.78, 5) is 15.2. The van der Waals surface area contributed by atoms with E-state index in [9.17, 15) is 13.2 Å². The molecule has 1 unspecified atom stereocenters. The predicted molar refractivity (Wildman–Crippen MR) is 112 cm³/mol. The van der Waals surface area contributed by atoms with Crippen LogP contribution in [0.15, 0.2) is 59.5 Å². The Balaban J connectivity index is 2.18. The molecule has 0 saturated carbocycles. The summed E-state index contributed by atoms with van der Waals surface area (Å²) in [5, 5.41) is 3.09. The van der Waals surface area contributed by atoms with E-state index in [1.165, 1.54) is 12.1 Å². The average molecular weight is 404 g/mol. The van der Waals surface area contributed by atoms with E-state index in [4.69, 9.17) is 0 Å². The third-order valence-electron chi connectivity index (χ3n) is 4.60. The van der Waals surface area contributed by atoms with Crippen LogP contribution in [0.2, 0.25) is 0 Å². The molecule has 2 rings (SSSR count). The maximum atomic E-state index is 12.8. The van der Waals surface area contributed by atoms with Gasteiger partial charge in [0.05, 0.1) is 10.9 Å². The van der Waals surface area contributed by atoms with Crippen molar-refractivity contribution in [2.24, 2.45) is 0 Å². The smallest absolute Gasteiger partial charge is 0.251 e. The van der Waals surface area contributed by atoms with Crippen LogP contribution in [0.3, 0.4) is 0 Å². The number of amides is 1. The summed E-state index contributed by atoms with van der Waals surface area (Å²) < 4.78 is 26.5. The van der Waals surface area contributed by atoms with Crippen LogP contribution >= 0.6 is 0 Å². The molecule has 0 saturated heterocycles. The molecule has 0 aliphatic rings. The fourth-order valence-electron chi connectivity index (χ4n) is 2.96. The molecule has 6 nitrogen and oxygen atoms in total. The Bertz CT molecular complexity index is 848. The lowest BCUT2D eigenvalue weighted by molar-refractivity contribution is 0.0925. The second-order valence-electron chi connectivity index (χ2n) is 6.45. The highest BCUT2D eigenvalue weighted by molar-refractivity contribution is 7.89. The molecule has 1 atom stereocenters. The lowest BCUT2D eigenvalue weighted by atomic mass is 10.1. The molecule has 28 heavy (non-hydrogen) atoms. The first-order chi connectivity index (χ1) is 13.4. The second-order valence-corrected chi connectivity index (χ2v) is 8.22. The van der Waals surface area contributed by atoms with Gasteiger partial charge in [-0.1, -0.05) is 51.1 Å². The van der Waals surface area contributed by atoms with Gasteiger partial charge in [-0.25, -0.2) is 13.1 Å². The van der Waals surface area contributed by atoms with Crippen molar-refractivity contribution in [3.63, 3.8) is 0 Å². The topological polar surface area (TPSA) is 78.5 Å². The Kier molecular flexibility index (Phi) is 8.17. The van der Waals surface area contributed by atoms with Gasteiger partial charge in [-0.2, -0.15) is 0 Å². The van der Waals surface area contributed by atoms with Crippen LogP contribution in [-0.4, -0.2) is 45.4 Å². The van der Waals surface area contributed by atoms with Crippen molar-refractivity contribution in [3.05, 3.63) is 65.7 Å². The number of sulfonamides is 1. The van der Waals surface area contributed by atoms with Crippen LogP contribution < -0.4 is 10.0 Å². The van der Waals surface area contributed by atoms with E-state index >= 15 is 0 Å². The summed E-state index contributed by atoms with van der Waals surface area (Å²) in [6.45, 7) is 8.72. The SMILES string of the molecule is CCNS(=O)(=O)c1ccc(C(=O)NC(CN(CC)CC)c2ccccc2)cc1. The standard InChI is InChI=1S/C21H29N3O3S/c1-4-22-28(26,27)19-14-12-18(13-15-19)21(25)23-20(16-24(5-2)6-3)17-10-8-7-9-11-17/h7-15,20,22H,4-6,16H2,1-3H3,(H,23,25). The molecule has 0 aromatic heterocycles. The molecule has 2 aromatic carbocycles. The van der Waals surface area contributed by atoms with Gasteiger partial charge in [0.25, 0.3) is 5.91 Å². The van der Waals surface area contributed by atoms with Gasteiger partial charge in [0.1, 0.15) is 0 Å². The van der Waals surface area contributed by atoms with E-state index in [0.717, 1.165) is 18.7 Å². The van der Waals surface area contributed by atoms with Gasteiger partial charge in [-0.3, -0.25) is 4.79 Å². The number of likely N-dealkylation sites (N-methyl/N-ethyl adjacent to an activating group) is 1. The number of nitrogens with one attached hydrogen (secondary N) is 2. The Labute approximate surface area is 168 Å². The number of carbonyl (C=O) groups excluding carboxylic acids is 1. The van der Waals surface area contributed by atoms with Crippen molar-refractivity contribution in [2.45, 2.75) is 31.7 Å². The van der Waals surface area contributed by atoms with Gasteiger partial charge in [0, 0.05) is 18.7 Å². The minimum Gasteiger partial charge on any atom is -0.344 e. The van der Waals surface area contributed by atoms with Crippen LogP contribution in [0, 0.1) is 0 Å². The molecule has 0 heterocycles. The summed E-state index contributed by atoms with van der Waals surface area (Å²) in [7, 11) is -3.53. The lowest BCUT2D eigenvalue weighted by Crippen LogP contribution is -2.38. The fourth-order valence-corrected chi connectivity index (χ4v) is 4.00. The predicted octanol–water partition coefficient (Wildman–Crippen LogP) is 2.80. The van der Waals surface area contributed by atoms with E-state index in [1.54, 1.807) is 19.1 Å². The van der Waals surface area contributed by atoms with Gasteiger partial charge in [-0.05, 0) is 42.9 Å². The molecule has 152 valence electrons. The Morgan fingerprint density at radius 2 is 1.57 bits per heavy atom. The van der Waals surface area contributed by atoms with Crippen molar-refractivity contribution in [1.82, 2.24) is 14.9 Å². The monoisotopic (exact) mass is 403 g/mol. The van der Waals surface area contributed by atoms with Gasteiger partial charge in [0.15, 0.2) is 0 Å². The zero-order valence-corrected chi connectivity index (χ0v) is 17.5. The first-order valence-corrected chi connectivity index (χ1v) is 11.1. The summed E-state index contributed by atoms with van der Waals surface area (Å²) in [6, 6.07) is 15.7. The maximum absolute atomic E-state index is 12.8. The molecular weight excluding hydrogens is 374 g/mol. The fraction of sp³-hybridized carbons (Fsp3) is 0.381. The third kappa shape index (κ3) is 5.89. The minimum absolute atomic E-state index is 0.147. The quantitative estimate of drug-likeness (QED) is 0.639. The number of nitrogens with zero attached hydrogens (tertiary/aromatic N) is 1. The van der Waals surface area contributed by atoms with Crippen LogP contribution in [0.5, 0.6) is 0 Å². The molecule has 0 aliphatic carbocycles. The number of carbonyl (C=O) groups is 1. The zero-order valence-electron chi connectivity index (χ0n) is 16.7. The van der Waals surface area contributed by atoms with E-state index < -0.39 is 10.0 Å². The molecule has 1 amide bonds. The van der Waals surface area contributed by atoms with E-state index in [-0.39, 0.29) is 16.8 Å². The van der Waals surface area contributed by atoms with Crippen LogP contribution in [0.1, 0.15) is 42.7 Å². The molecule has 0 aliphatic heterocycles. The average Bonchev–Trinajstić information content (AvgIpc) is 2.71. The summed E-state index contributed by atoms with van der Waals surface area (Å²) in [5.41, 5.74) is 1.46. The number of benzene rings is 2. The maximum Gasteiger partial charge on any atom is 0.251 e. The molecule has 0 spiro atoms. The van der Waals surface area contributed by atoms with Crippen LogP contribution in [0.4, 0.5) is 0 Å². The summed E-state index contributed by atoms with van der Waals surface area (Å²) in [6.07, 6.45) is 0. The molecular formula is C21H29N3O3S. The minimum atomic E-state index is -3.53. The molecule has 0 fully saturated rings. The van der Waals surface area contributed by atoms with Gasteiger partial charge >= 0.3 is 0 Å². The van der Waals surface area contributed by atoms with Crippen molar-refractivity contribution in [1.29, 1.82) is 0 Å². The molecule has 0 radical (unpaired) electrons. The summed E-state index contributed by atoms with van der Waals surface area (Å²) >= 11 is 0. The Morgan fingerprint density at radius 1 is 0.964 bits per heavy atom. The highest BCUT2D eigenvalue weighted by Gasteiger charge is 2.19. The molecule has 7 heteroatoms. The molecule has 2 N–H and O–H groups in total. The largest absolute Gasteiger partial charge is 0.344 e. The third-order valence-corrected chi connectivity index (χ3v) is 6.17. The molecule has 0 bridgehead atoms. The number of rotatable bonds is 10. The van der Waals surface area contributed by atoms with Crippen molar-refractivity contribution >= 4 is 15.9 Å². The van der Waals surface area contributed by atoms with Crippen LogP contribution in [0.25, 0.3) is 0 Å². The van der Waals surface area contributed by atoms with E-state index in [1.807, 2.05) is 30.3 Å². The summed E-state index contributed by atoms with van der Waals surface area (Å²) in [5.74, 6) is -0.228. The first-order valence-electron chi connectivity index (χ1n) is 9.59. The Hall–Kier alpha value is -2.22. The van der Waals surface area contributed by atoms with Crippen molar-refractivity contribution in [2.75, 3.05) is 26.2 Å². The van der Waals surface area contributed by atoms with Gasteiger partial charge < -0.3 is 10.2 Å². The van der Waals surface area contributed by atoms with Gasteiger partial charge in [0.2, 0.25) is 10.0 Å². The second kappa shape index (κ2) is 10.4. The highest BCUT2D eigenvalue weighted by atomic mass is 32.2. The lowest BCUT2D eigenvalue weighted by Gasteiger charge is -2.26. The van der Waals surface area contributed by atoms with E-state index in [0.29, 0.717) is 18.7 Å². The molecule has 2 aromatic rings. The van der Waals surface area contributed by atoms with Crippen LogP contribution in [-0.2, 0) is 10.0 Å². The highest BCUT2D eigenvalue weighted by Crippen LogP contribution is 2.16. The zero-order chi connectivity index (χ0) is 20.6. The number of hydrogen-bond acceptors (Lipinski definition) is 4. The first kappa shape index (κ1) is 22.1.